The van der Waals surface area contributed by atoms with E-state index in [9.17, 15) is 14.0 Å². The molecule has 3 N–H and O–H groups in total. The summed E-state index contributed by atoms with van der Waals surface area (Å²) in [6.07, 6.45) is 5.83. The topological polar surface area (TPSA) is 82.2 Å². The van der Waals surface area contributed by atoms with E-state index >= 15 is 0 Å². The SMILES string of the molecule is O=C(NC1CCC(C(=O)O)CC1)c1c[nH]cc1-c1ccc(F)cc1. The van der Waals surface area contributed by atoms with Crippen molar-refractivity contribution in [2.75, 3.05) is 0 Å². The number of carboxylic acids is 1. The molecule has 5 nitrogen and oxygen atoms in total. The largest absolute Gasteiger partial charge is 0.481 e. The number of carbonyl (C=O) groups is 2. The third-order valence-corrected chi connectivity index (χ3v) is 4.56. The molecule has 0 atom stereocenters. The number of benzene rings is 1. The van der Waals surface area contributed by atoms with Crippen molar-refractivity contribution in [2.24, 2.45) is 5.92 Å². The van der Waals surface area contributed by atoms with Gasteiger partial charge in [0.25, 0.3) is 5.91 Å². The Morgan fingerprint density at radius 2 is 1.75 bits per heavy atom. The highest BCUT2D eigenvalue weighted by molar-refractivity contribution is 6.00. The minimum absolute atomic E-state index is 0.0101. The number of H-pyrrole nitrogens is 1. The number of aliphatic carboxylic acids is 1. The van der Waals surface area contributed by atoms with Crippen molar-refractivity contribution in [3.63, 3.8) is 0 Å². The van der Waals surface area contributed by atoms with Crippen LogP contribution >= 0.6 is 0 Å². The molecule has 2 aromatic rings. The van der Waals surface area contributed by atoms with Gasteiger partial charge in [0, 0.05) is 24.0 Å². The van der Waals surface area contributed by atoms with E-state index in [0.717, 1.165) is 5.56 Å². The normalized spacial score (nSPS) is 20.5. The third kappa shape index (κ3) is 3.48. The van der Waals surface area contributed by atoms with Crippen molar-refractivity contribution in [1.82, 2.24) is 10.3 Å². The first-order chi connectivity index (χ1) is 11.5. The summed E-state index contributed by atoms with van der Waals surface area (Å²) in [6, 6.07) is 5.97. The molecule has 0 saturated heterocycles. The monoisotopic (exact) mass is 330 g/mol. The Bertz CT molecular complexity index is 731. The van der Waals surface area contributed by atoms with E-state index in [0.29, 0.717) is 36.8 Å². The Hall–Kier alpha value is -2.63. The van der Waals surface area contributed by atoms with E-state index < -0.39 is 5.97 Å². The molecule has 1 aromatic carbocycles. The number of hydrogen-bond donors (Lipinski definition) is 3. The van der Waals surface area contributed by atoms with Gasteiger partial charge < -0.3 is 15.4 Å². The number of nitrogens with one attached hydrogen (secondary N) is 2. The molecule has 126 valence electrons. The molecule has 6 heteroatoms. The first-order valence-electron chi connectivity index (χ1n) is 8.01. The highest BCUT2D eigenvalue weighted by Crippen LogP contribution is 2.27. The number of aromatic nitrogens is 1. The minimum atomic E-state index is -0.760. The van der Waals surface area contributed by atoms with Gasteiger partial charge in [-0.2, -0.15) is 0 Å². The van der Waals surface area contributed by atoms with Gasteiger partial charge in [0.15, 0.2) is 0 Å². The van der Waals surface area contributed by atoms with Crippen LogP contribution in [0, 0.1) is 11.7 Å². The Kier molecular flexibility index (Phi) is 4.64. The van der Waals surface area contributed by atoms with Gasteiger partial charge >= 0.3 is 5.97 Å². The lowest BCUT2D eigenvalue weighted by atomic mass is 9.86. The molecule has 1 fully saturated rings. The predicted molar refractivity (Wildman–Crippen MR) is 87.0 cm³/mol. The van der Waals surface area contributed by atoms with E-state index in [1.165, 1.54) is 12.1 Å². The van der Waals surface area contributed by atoms with Crippen LogP contribution in [0.4, 0.5) is 4.39 Å². The smallest absolute Gasteiger partial charge is 0.306 e. The van der Waals surface area contributed by atoms with Crippen molar-refractivity contribution in [3.05, 3.63) is 48.0 Å². The molecule has 1 aliphatic carbocycles. The zero-order valence-electron chi connectivity index (χ0n) is 13.1. The van der Waals surface area contributed by atoms with Gasteiger partial charge in [0.2, 0.25) is 0 Å². The van der Waals surface area contributed by atoms with Crippen molar-refractivity contribution >= 4 is 11.9 Å². The maximum absolute atomic E-state index is 13.1. The van der Waals surface area contributed by atoms with Crippen LogP contribution in [0.15, 0.2) is 36.7 Å². The molecule has 0 spiro atoms. The lowest BCUT2D eigenvalue weighted by Crippen LogP contribution is -2.38. The fourth-order valence-electron chi connectivity index (χ4n) is 3.17. The second kappa shape index (κ2) is 6.86. The van der Waals surface area contributed by atoms with E-state index in [-0.39, 0.29) is 23.7 Å². The maximum Gasteiger partial charge on any atom is 0.306 e. The van der Waals surface area contributed by atoms with E-state index in [4.69, 9.17) is 5.11 Å². The number of rotatable bonds is 4. The van der Waals surface area contributed by atoms with Crippen LogP contribution in [0.1, 0.15) is 36.0 Å². The highest BCUT2D eigenvalue weighted by Gasteiger charge is 2.27. The van der Waals surface area contributed by atoms with Crippen LogP contribution < -0.4 is 5.32 Å². The molecule has 0 bridgehead atoms. The second-order valence-corrected chi connectivity index (χ2v) is 6.15. The number of hydrogen-bond acceptors (Lipinski definition) is 2. The molecular weight excluding hydrogens is 311 g/mol. The summed E-state index contributed by atoms with van der Waals surface area (Å²) in [5.41, 5.74) is 1.98. The quantitative estimate of drug-likeness (QED) is 0.805. The van der Waals surface area contributed by atoms with Gasteiger partial charge in [-0.05, 0) is 43.4 Å². The number of carboxylic acid groups (broad SMARTS) is 1. The van der Waals surface area contributed by atoms with Crippen LogP contribution in [-0.4, -0.2) is 28.0 Å². The first kappa shape index (κ1) is 16.2. The summed E-state index contributed by atoms with van der Waals surface area (Å²) in [7, 11) is 0. The van der Waals surface area contributed by atoms with Crippen molar-refractivity contribution in [1.29, 1.82) is 0 Å². The molecule has 24 heavy (non-hydrogen) atoms. The van der Waals surface area contributed by atoms with Crippen molar-refractivity contribution < 1.29 is 19.1 Å². The molecule has 1 saturated carbocycles. The van der Waals surface area contributed by atoms with Gasteiger partial charge in [-0.25, -0.2) is 4.39 Å². The zero-order chi connectivity index (χ0) is 17.1. The van der Waals surface area contributed by atoms with Crippen LogP contribution in [0.25, 0.3) is 11.1 Å². The fraction of sp³-hybridized carbons (Fsp3) is 0.333. The number of aromatic amines is 1. The van der Waals surface area contributed by atoms with E-state index in [1.807, 2.05) is 0 Å². The second-order valence-electron chi connectivity index (χ2n) is 6.15. The average molecular weight is 330 g/mol. The van der Waals surface area contributed by atoms with Crippen LogP contribution in [0.2, 0.25) is 0 Å². The molecule has 3 rings (SSSR count). The first-order valence-corrected chi connectivity index (χ1v) is 8.01. The Labute approximate surface area is 138 Å². The van der Waals surface area contributed by atoms with Gasteiger partial charge in [0.05, 0.1) is 11.5 Å². The molecule has 1 aliphatic rings. The van der Waals surface area contributed by atoms with E-state index in [1.54, 1.807) is 24.5 Å². The fourth-order valence-corrected chi connectivity index (χ4v) is 3.17. The average Bonchev–Trinajstić information content (AvgIpc) is 3.06. The zero-order valence-corrected chi connectivity index (χ0v) is 13.1. The van der Waals surface area contributed by atoms with E-state index in [2.05, 4.69) is 10.3 Å². The lowest BCUT2D eigenvalue weighted by molar-refractivity contribution is -0.142. The molecule has 1 amide bonds. The van der Waals surface area contributed by atoms with Crippen LogP contribution in [-0.2, 0) is 4.79 Å². The molecule has 1 aromatic heterocycles. The minimum Gasteiger partial charge on any atom is -0.481 e. The van der Waals surface area contributed by atoms with Gasteiger partial charge in [-0.15, -0.1) is 0 Å². The molecule has 1 heterocycles. The Balaban J connectivity index is 1.67. The Morgan fingerprint density at radius 3 is 2.38 bits per heavy atom. The number of amides is 1. The summed E-state index contributed by atoms with van der Waals surface area (Å²) in [6.45, 7) is 0. The van der Waals surface area contributed by atoms with Gasteiger partial charge in [-0.3, -0.25) is 9.59 Å². The molecular formula is C18H19FN2O3. The summed E-state index contributed by atoms with van der Waals surface area (Å²) < 4.78 is 13.1. The van der Waals surface area contributed by atoms with Crippen molar-refractivity contribution in [2.45, 2.75) is 31.7 Å². The standard InChI is InChI=1S/C18H19FN2O3/c19-13-5-1-11(2-6-13)15-9-20-10-16(15)17(22)21-14-7-3-12(4-8-14)18(23)24/h1-2,5-6,9-10,12,14,20H,3-4,7-8H2,(H,21,22)(H,23,24). The van der Waals surface area contributed by atoms with Crippen LogP contribution in [0.5, 0.6) is 0 Å². The Morgan fingerprint density at radius 1 is 1.08 bits per heavy atom. The molecule has 0 radical (unpaired) electrons. The number of halogens is 1. The van der Waals surface area contributed by atoms with Crippen LogP contribution in [0.3, 0.4) is 0 Å². The highest BCUT2D eigenvalue weighted by atomic mass is 19.1. The lowest BCUT2D eigenvalue weighted by Gasteiger charge is -2.26. The third-order valence-electron chi connectivity index (χ3n) is 4.56. The predicted octanol–water partition coefficient (Wildman–Crippen LogP) is 3.19. The maximum atomic E-state index is 13.1. The molecule has 0 unspecified atom stereocenters. The summed E-state index contributed by atoms with van der Waals surface area (Å²) in [5.74, 6) is -1.59. The number of carbonyl (C=O) groups excluding carboxylic acids is 1. The summed E-state index contributed by atoms with van der Waals surface area (Å²) in [5, 5.41) is 12.0. The van der Waals surface area contributed by atoms with Crippen molar-refractivity contribution in [3.8, 4) is 11.1 Å². The van der Waals surface area contributed by atoms with Gasteiger partial charge in [-0.1, -0.05) is 12.1 Å². The van der Waals surface area contributed by atoms with Gasteiger partial charge in [0.1, 0.15) is 5.82 Å². The summed E-state index contributed by atoms with van der Waals surface area (Å²) >= 11 is 0. The molecule has 0 aliphatic heterocycles. The summed E-state index contributed by atoms with van der Waals surface area (Å²) in [4.78, 5) is 26.4.